The van der Waals surface area contributed by atoms with Gasteiger partial charge in [-0.25, -0.2) is 4.39 Å². The normalized spacial score (nSPS) is 11.1. The fraction of sp³-hybridized carbons (Fsp3) is 0.133. The maximum atomic E-state index is 13.6. The van der Waals surface area contributed by atoms with Gasteiger partial charge in [-0.05, 0) is 49.0 Å². The number of halogens is 4. The number of nitrogens with one attached hydrogen (secondary N) is 2. The molecule has 0 heterocycles. The lowest BCUT2D eigenvalue weighted by molar-refractivity contribution is -0.136. The molecule has 2 aromatic rings. The number of benzene rings is 2. The summed E-state index contributed by atoms with van der Waals surface area (Å²) in [6.07, 6.45) is -4.51. The molecule has 2 rings (SSSR count). The molecular weight excluding hydrogens is 316 g/mol. The monoisotopic (exact) mass is 328 g/mol. The van der Waals surface area contributed by atoms with E-state index in [1.54, 1.807) is 13.0 Å². The third-order valence-electron chi connectivity index (χ3n) is 2.85. The minimum absolute atomic E-state index is 0.0991. The molecule has 0 amide bonds. The second-order valence-corrected chi connectivity index (χ2v) is 5.01. The average Bonchev–Trinajstić information content (AvgIpc) is 2.42. The first-order valence-electron chi connectivity index (χ1n) is 6.28. The highest BCUT2D eigenvalue weighted by Gasteiger charge is 2.33. The zero-order chi connectivity index (χ0) is 16.3. The Hall–Kier alpha value is -2.15. The van der Waals surface area contributed by atoms with E-state index in [1.165, 1.54) is 30.3 Å². The van der Waals surface area contributed by atoms with E-state index in [2.05, 4.69) is 10.6 Å². The Morgan fingerprint density at radius 1 is 1.00 bits per heavy atom. The van der Waals surface area contributed by atoms with Gasteiger partial charge in [0.2, 0.25) is 0 Å². The molecule has 0 aliphatic rings. The second kappa shape index (κ2) is 6.31. The summed E-state index contributed by atoms with van der Waals surface area (Å²) in [6.45, 7) is 1.76. The minimum Gasteiger partial charge on any atom is -0.332 e. The van der Waals surface area contributed by atoms with Crippen LogP contribution in [0.15, 0.2) is 42.5 Å². The lowest BCUT2D eigenvalue weighted by Crippen LogP contribution is -2.22. The Labute approximate surface area is 130 Å². The van der Waals surface area contributed by atoms with Gasteiger partial charge in [-0.1, -0.05) is 18.2 Å². The van der Waals surface area contributed by atoms with Crippen LogP contribution < -0.4 is 10.6 Å². The predicted molar refractivity (Wildman–Crippen MR) is 82.4 cm³/mol. The topological polar surface area (TPSA) is 24.1 Å². The van der Waals surface area contributed by atoms with Crippen molar-refractivity contribution in [1.29, 1.82) is 0 Å². The summed E-state index contributed by atoms with van der Waals surface area (Å²) < 4.78 is 52.2. The molecule has 0 aliphatic heterocycles. The molecule has 0 saturated heterocycles. The molecule has 0 bridgehead atoms. The van der Waals surface area contributed by atoms with Crippen molar-refractivity contribution in [1.82, 2.24) is 0 Å². The number of thiocarbonyl (C=S) groups is 1. The highest BCUT2D eigenvalue weighted by molar-refractivity contribution is 7.80. The summed E-state index contributed by atoms with van der Waals surface area (Å²) in [7, 11) is 0. The summed E-state index contributed by atoms with van der Waals surface area (Å²) >= 11 is 4.95. The van der Waals surface area contributed by atoms with Crippen molar-refractivity contribution in [2.75, 3.05) is 10.6 Å². The molecular formula is C15H12F4N2S. The Balaban J connectivity index is 2.18. The summed E-state index contributed by atoms with van der Waals surface area (Å²) in [5, 5.41) is 4.88. The number of anilines is 2. The Bertz CT molecular complexity index is 698. The van der Waals surface area contributed by atoms with Crippen LogP contribution in [-0.2, 0) is 6.18 Å². The van der Waals surface area contributed by atoms with E-state index in [0.29, 0.717) is 0 Å². The van der Waals surface area contributed by atoms with Crippen LogP contribution in [0.2, 0.25) is 0 Å². The van der Waals surface area contributed by atoms with Gasteiger partial charge in [-0.15, -0.1) is 0 Å². The van der Waals surface area contributed by atoms with Gasteiger partial charge < -0.3 is 10.6 Å². The highest BCUT2D eigenvalue weighted by Crippen LogP contribution is 2.34. The van der Waals surface area contributed by atoms with Gasteiger partial charge in [0, 0.05) is 0 Å². The fourth-order valence-corrected chi connectivity index (χ4v) is 2.07. The molecule has 0 atom stereocenters. The molecule has 2 aromatic carbocycles. The predicted octanol–water partition coefficient (Wildman–Crippen LogP) is 4.96. The van der Waals surface area contributed by atoms with E-state index in [0.717, 1.165) is 11.6 Å². The van der Waals surface area contributed by atoms with E-state index in [9.17, 15) is 17.6 Å². The number of rotatable bonds is 2. The first-order chi connectivity index (χ1) is 10.3. The molecule has 0 spiro atoms. The van der Waals surface area contributed by atoms with Crippen molar-refractivity contribution < 1.29 is 17.6 Å². The van der Waals surface area contributed by atoms with Gasteiger partial charge in [-0.3, -0.25) is 0 Å². The van der Waals surface area contributed by atoms with Crippen LogP contribution in [0, 0.1) is 12.7 Å². The summed E-state index contributed by atoms with van der Waals surface area (Å²) in [5.74, 6) is -0.543. The number of alkyl halides is 3. The molecule has 116 valence electrons. The van der Waals surface area contributed by atoms with Crippen LogP contribution in [0.3, 0.4) is 0 Å². The maximum Gasteiger partial charge on any atom is 0.418 e. The molecule has 2 nitrogen and oxygen atoms in total. The first kappa shape index (κ1) is 16.2. The molecule has 22 heavy (non-hydrogen) atoms. The number of para-hydroxylation sites is 1. The Kier molecular flexibility index (Phi) is 4.65. The van der Waals surface area contributed by atoms with Crippen molar-refractivity contribution in [2.45, 2.75) is 13.1 Å². The number of aryl methyl sites for hydroxylation is 1. The summed E-state index contributed by atoms with van der Waals surface area (Å²) in [5.41, 5.74) is -0.145. The second-order valence-electron chi connectivity index (χ2n) is 4.61. The molecule has 0 fully saturated rings. The van der Waals surface area contributed by atoms with Crippen LogP contribution in [0.1, 0.15) is 11.1 Å². The summed E-state index contributed by atoms with van der Waals surface area (Å²) in [4.78, 5) is 0. The van der Waals surface area contributed by atoms with E-state index in [-0.39, 0.29) is 16.5 Å². The number of hydrogen-bond donors (Lipinski definition) is 2. The van der Waals surface area contributed by atoms with Crippen molar-refractivity contribution in [3.63, 3.8) is 0 Å². The molecule has 2 N–H and O–H groups in total. The highest BCUT2D eigenvalue weighted by atomic mass is 32.1. The smallest absolute Gasteiger partial charge is 0.332 e. The van der Waals surface area contributed by atoms with E-state index in [1.807, 2.05) is 0 Å². The van der Waals surface area contributed by atoms with E-state index >= 15 is 0 Å². The van der Waals surface area contributed by atoms with Crippen molar-refractivity contribution in [3.8, 4) is 0 Å². The number of hydrogen-bond acceptors (Lipinski definition) is 1. The van der Waals surface area contributed by atoms with Crippen molar-refractivity contribution in [3.05, 3.63) is 59.4 Å². The van der Waals surface area contributed by atoms with Crippen LogP contribution in [0.4, 0.5) is 28.9 Å². The third kappa shape index (κ3) is 3.94. The standard InChI is InChI=1S/C15H12F4N2S/c1-9-6-7-11(16)13(8-9)21-14(22)20-12-5-3-2-4-10(12)15(17,18)19/h2-8H,1H3,(H2,20,21,22). The van der Waals surface area contributed by atoms with Crippen LogP contribution in [0.5, 0.6) is 0 Å². The molecule has 0 saturated carbocycles. The van der Waals surface area contributed by atoms with Gasteiger partial charge in [0.1, 0.15) is 5.82 Å². The minimum atomic E-state index is -4.51. The maximum absolute atomic E-state index is 13.6. The average molecular weight is 328 g/mol. The summed E-state index contributed by atoms with van der Waals surface area (Å²) in [6, 6.07) is 9.28. The molecule has 0 aromatic heterocycles. The SMILES string of the molecule is Cc1ccc(F)c(NC(=S)Nc2ccccc2C(F)(F)F)c1. The van der Waals surface area contributed by atoms with Gasteiger partial charge in [0.05, 0.1) is 16.9 Å². The molecule has 0 aliphatic carbocycles. The largest absolute Gasteiger partial charge is 0.418 e. The van der Waals surface area contributed by atoms with Gasteiger partial charge in [-0.2, -0.15) is 13.2 Å². The zero-order valence-corrected chi connectivity index (χ0v) is 12.3. The Morgan fingerprint density at radius 3 is 2.32 bits per heavy atom. The zero-order valence-electron chi connectivity index (χ0n) is 11.5. The fourth-order valence-electron chi connectivity index (χ4n) is 1.85. The van der Waals surface area contributed by atoms with Crippen molar-refractivity contribution >= 4 is 28.7 Å². The molecule has 0 radical (unpaired) electrons. The van der Waals surface area contributed by atoms with E-state index < -0.39 is 17.6 Å². The molecule has 0 unspecified atom stereocenters. The lowest BCUT2D eigenvalue weighted by atomic mass is 10.1. The third-order valence-corrected chi connectivity index (χ3v) is 3.05. The Morgan fingerprint density at radius 2 is 1.64 bits per heavy atom. The van der Waals surface area contributed by atoms with Gasteiger partial charge >= 0.3 is 6.18 Å². The van der Waals surface area contributed by atoms with Crippen LogP contribution in [0.25, 0.3) is 0 Å². The van der Waals surface area contributed by atoms with Gasteiger partial charge in [0.25, 0.3) is 0 Å². The lowest BCUT2D eigenvalue weighted by Gasteiger charge is -2.16. The van der Waals surface area contributed by atoms with Gasteiger partial charge in [0.15, 0.2) is 5.11 Å². The van der Waals surface area contributed by atoms with E-state index in [4.69, 9.17) is 12.2 Å². The van der Waals surface area contributed by atoms with Crippen LogP contribution >= 0.6 is 12.2 Å². The quantitative estimate of drug-likeness (QED) is 0.602. The van der Waals surface area contributed by atoms with Crippen LogP contribution in [-0.4, -0.2) is 5.11 Å². The first-order valence-corrected chi connectivity index (χ1v) is 6.68. The van der Waals surface area contributed by atoms with Crippen molar-refractivity contribution in [2.24, 2.45) is 0 Å². The molecule has 7 heteroatoms.